The number of carbonyl (C=O) groups is 1. The van der Waals surface area contributed by atoms with Crippen LogP contribution in [0.3, 0.4) is 0 Å². The largest absolute Gasteiger partial charge is 0.611 e. The second-order valence-corrected chi connectivity index (χ2v) is 9.61. The van der Waals surface area contributed by atoms with Gasteiger partial charge in [-0.3, -0.25) is 4.79 Å². The molecule has 3 aliphatic heterocycles. The van der Waals surface area contributed by atoms with E-state index in [1.54, 1.807) is 18.3 Å². The zero-order valence-electron chi connectivity index (χ0n) is 17.0. The van der Waals surface area contributed by atoms with Crippen LogP contribution in [0.5, 0.6) is 0 Å². The Morgan fingerprint density at radius 1 is 1.23 bits per heavy atom. The number of H-pyrrole nitrogens is 1. The van der Waals surface area contributed by atoms with Gasteiger partial charge in [0.05, 0.1) is 18.6 Å². The number of nitrogens with zero attached hydrogens (tertiary/aromatic N) is 6. The number of likely N-dealkylation sites (tertiary alicyclic amines) is 1. The molecule has 158 valence electrons. The van der Waals surface area contributed by atoms with Gasteiger partial charge in [0.1, 0.15) is 11.4 Å². The Kier molecular flexibility index (Phi) is 5.20. The Morgan fingerprint density at radius 3 is 2.80 bits per heavy atom. The topological polar surface area (TPSA) is 113 Å². The van der Waals surface area contributed by atoms with E-state index in [2.05, 4.69) is 14.9 Å². The van der Waals surface area contributed by atoms with Crippen molar-refractivity contribution in [2.45, 2.75) is 42.9 Å². The number of aromatic nitrogens is 4. The summed E-state index contributed by atoms with van der Waals surface area (Å²) in [6.45, 7) is 2.20. The number of aliphatic imine (C=N–C) groups is 1. The van der Waals surface area contributed by atoms with Crippen LogP contribution in [0.4, 0.5) is 11.8 Å². The van der Waals surface area contributed by atoms with Crippen LogP contribution in [0.2, 0.25) is 0 Å². The van der Waals surface area contributed by atoms with Crippen molar-refractivity contribution in [2.24, 2.45) is 4.99 Å². The van der Waals surface area contributed by atoms with Crippen molar-refractivity contribution < 1.29 is 9.35 Å². The number of hydrogen-bond donors (Lipinski definition) is 1. The first kappa shape index (κ1) is 19.5. The average molecular weight is 428 g/mol. The maximum absolute atomic E-state index is 12.6. The number of nitrogens with one attached hydrogen (secondary N) is 1. The number of piperidine rings is 2. The van der Waals surface area contributed by atoms with Gasteiger partial charge in [-0.1, -0.05) is 0 Å². The van der Waals surface area contributed by atoms with Crippen molar-refractivity contribution in [1.29, 1.82) is 0 Å². The van der Waals surface area contributed by atoms with Crippen LogP contribution in [-0.2, 0) is 22.4 Å². The van der Waals surface area contributed by atoms with Crippen LogP contribution in [0.15, 0.2) is 22.4 Å². The summed E-state index contributed by atoms with van der Waals surface area (Å²) in [6.07, 6.45) is 7.46. The zero-order chi connectivity index (χ0) is 20.7. The Labute approximate surface area is 178 Å². The molecule has 3 aliphatic rings. The summed E-state index contributed by atoms with van der Waals surface area (Å²) in [5.41, 5.74) is 2.88. The summed E-state index contributed by atoms with van der Waals surface area (Å²) < 4.78 is 12.6. The summed E-state index contributed by atoms with van der Waals surface area (Å²) in [5, 5.41) is 0. The van der Waals surface area contributed by atoms with Gasteiger partial charge in [0, 0.05) is 50.8 Å². The number of amides is 1. The van der Waals surface area contributed by atoms with Crippen LogP contribution in [0, 0.1) is 0 Å². The maximum Gasteiger partial charge on any atom is 0.227 e. The standard InChI is InChI=1S/C20H25N7O2S/c1-26-11-14(2-3-17(26)28)23-19-18-15(6-9-30(18)29)24-20(25-19)27-7-4-13(5-8-27)16-10-21-12-22-16/h10,12-13H,2-9,11H2,1H3,(H,21,22)/b23-14-. The van der Waals surface area contributed by atoms with Crippen molar-refractivity contribution >= 4 is 34.6 Å². The van der Waals surface area contributed by atoms with Gasteiger partial charge in [-0.25, -0.2) is 15.0 Å². The number of carbonyl (C=O) groups excluding carboxylic acids is 1. The van der Waals surface area contributed by atoms with E-state index in [0.717, 1.165) is 43.0 Å². The molecule has 10 heteroatoms. The van der Waals surface area contributed by atoms with E-state index in [-0.39, 0.29) is 5.91 Å². The zero-order valence-corrected chi connectivity index (χ0v) is 17.8. The molecule has 1 amide bonds. The Balaban J connectivity index is 1.41. The van der Waals surface area contributed by atoms with Gasteiger partial charge in [-0.05, 0) is 30.4 Å². The first-order valence-corrected chi connectivity index (χ1v) is 11.7. The second kappa shape index (κ2) is 7.99. The maximum atomic E-state index is 12.6. The van der Waals surface area contributed by atoms with Crippen LogP contribution in [0.25, 0.3) is 0 Å². The van der Waals surface area contributed by atoms with E-state index in [1.807, 2.05) is 6.20 Å². The molecule has 1 N–H and O–H groups in total. The van der Waals surface area contributed by atoms with Gasteiger partial charge >= 0.3 is 0 Å². The number of aryl methyl sites for hydroxylation is 1. The molecule has 2 saturated heterocycles. The summed E-state index contributed by atoms with van der Waals surface area (Å²) in [7, 11) is 1.79. The minimum absolute atomic E-state index is 0.130. The fourth-order valence-electron chi connectivity index (χ4n) is 4.38. The van der Waals surface area contributed by atoms with Crippen molar-refractivity contribution in [3.8, 4) is 0 Å². The van der Waals surface area contributed by atoms with E-state index in [1.165, 1.54) is 0 Å². The smallest absolute Gasteiger partial charge is 0.227 e. The lowest BCUT2D eigenvalue weighted by Gasteiger charge is -2.31. The Bertz CT molecular complexity index is 970. The fourth-order valence-corrected chi connectivity index (χ4v) is 5.66. The third-order valence-corrected chi connectivity index (χ3v) is 7.56. The molecule has 2 aromatic heterocycles. The molecule has 0 saturated carbocycles. The predicted octanol–water partition coefficient (Wildman–Crippen LogP) is 1.57. The second-order valence-electron chi connectivity index (χ2n) is 8.11. The lowest BCUT2D eigenvalue weighted by atomic mass is 9.94. The van der Waals surface area contributed by atoms with E-state index < -0.39 is 11.2 Å². The van der Waals surface area contributed by atoms with Gasteiger partial charge in [-0.15, -0.1) is 0 Å². The summed E-state index contributed by atoms with van der Waals surface area (Å²) >= 11 is -1.11. The molecule has 30 heavy (non-hydrogen) atoms. The number of anilines is 1. The minimum atomic E-state index is -1.11. The summed E-state index contributed by atoms with van der Waals surface area (Å²) in [5.74, 6) is 2.35. The van der Waals surface area contributed by atoms with Gasteiger partial charge in [-0.2, -0.15) is 4.98 Å². The minimum Gasteiger partial charge on any atom is -0.611 e. The number of imidazole rings is 1. The molecule has 0 radical (unpaired) electrons. The summed E-state index contributed by atoms with van der Waals surface area (Å²) in [4.78, 5) is 38.1. The lowest BCUT2D eigenvalue weighted by molar-refractivity contribution is -0.129. The Hall–Kier alpha value is -2.46. The molecule has 0 aromatic carbocycles. The van der Waals surface area contributed by atoms with Crippen LogP contribution in [-0.4, -0.2) is 73.4 Å². The van der Waals surface area contributed by atoms with E-state index in [4.69, 9.17) is 15.0 Å². The molecule has 1 unspecified atom stereocenters. The molecule has 1 atom stereocenters. The van der Waals surface area contributed by atoms with Crippen molar-refractivity contribution in [3.05, 3.63) is 23.9 Å². The number of aromatic amines is 1. The molecular formula is C20H25N7O2S. The van der Waals surface area contributed by atoms with E-state index in [0.29, 0.717) is 54.1 Å². The van der Waals surface area contributed by atoms with Crippen molar-refractivity contribution in [3.63, 3.8) is 0 Å². The number of hydrogen-bond acceptors (Lipinski definition) is 7. The molecular weight excluding hydrogens is 402 g/mol. The van der Waals surface area contributed by atoms with Crippen molar-refractivity contribution in [2.75, 3.05) is 37.3 Å². The van der Waals surface area contributed by atoms with Gasteiger partial charge in [0.25, 0.3) is 0 Å². The third-order valence-electron chi connectivity index (χ3n) is 6.11. The quantitative estimate of drug-likeness (QED) is 0.744. The van der Waals surface area contributed by atoms with Gasteiger partial charge in [0.15, 0.2) is 0 Å². The molecule has 2 aromatic rings. The van der Waals surface area contributed by atoms with Gasteiger partial charge < -0.3 is 19.3 Å². The highest BCUT2D eigenvalue weighted by molar-refractivity contribution is 7.91. The van der Waals surface area contributed by atoms with Crippen molar-refractivity contribution in [1.82, 2.24) is 24.8 Å². The van der Waals surface area contributed by atoms with Crippen LogP contribution >= 0.6 is 0 Å². The highest BCUT2D eigenvalue weighted by Gasteiger charge is 2.34. The molecule has 5 rings (SSSR count). The van der Waals surface area contributed by atoms with Gasteiger partial charge in [0.2, 0.25) is 22.6 Å². The SMILES string of the molecule is CN1C/C(=N\c2nc(N3CCC(c4c[nH]cn4)CC3)nc3c2[S+]([O-])CC3)CCC1=O. The lowest BCUT2D eigenvalue weighted by Crippen LogP contribution is -2.37. The molecule has 0 bridgehead atoms. The first-order valence-electron chi connectivity index (χ1n) is 10.4. The first-order chi connectivity index (χ1) is 14.6. The highest BCUT2D eigenvalue weighted by Crippen LogP contribution is 2.36. The van der Waals surface area contributed by atoms with Crippen LogP contribution < -0.4 is 4.90 Å². The number of fused-ring (bicyclic) bond motifs is 1. The van der Waals surface area contributed by atoms with E-state index >= 15 is 0 Å². The Morgan fingerprint density at radius 2 is 2.07 bits per heavy atom. The summed E-state index contributed by atoms with van der Waals surface area (Å²) in [6, 6.07) is 0. The molecule has 0 spiro atoms. The average Bonchev–Trinajstić information content (AvgIpc) is 3.41. The molecule has 9 nitrogen and oxygen atoms in total. The molecule has 0 aliphatic carbocycles. The molecule has 2 fully saturated rings. The normalized spacial score (nSPS) is 24.0. The molecule has 5 heterocycles. The number of rotatable bonds is 3. The third kappa shape index (κ3) is 3.69. The van der Waals surface area contributed by atoms with Crippen LogP contribution in [0.1, 0.15) is 43.0 Å². The highest BCUT2D eigenvalue weighted by atomic mass is 32.2. The predicted molar refractivity (Wildman–Crippen MR) is 114 cm³/mol. The van der Waals surface area contributed by atoms with E-state index in [9.17, 15) is 9.35 Å². The fraction of sp³-hybridized carbons (Fsp3) is 0.550. The monoisotopic (exact) mass is 427 g/mol.